The molecule has 0 unspecified atom stereocenters. The number of furan rings is 1. The summed E-state index contributed by atoms with van der Waals surface area (Å²) in [7, 11) is 0. The molecule has 3 aromatic rings. The van der Waals surface area contributed by atoms with Crippen LogP contribution >= 0.6 is 0 Å². The van der Waals surface area contributed by atoms with E-state index in [1.807, 2.05) is 30.3 Å². The quantitative estimate of drug-likeness (QED) is 0.664. The molecule has 1 amide bonds. The number of ether oxygens (including phenoxy) is 1. The fourth-order valence-electron chi connectivity index (χ4n) is 2.65. The minimum atomic E-state index is -0.128. The number of nitrogens with one attached hydrogen (secondary N) is 1. The third-order valence-electron chi connectivity index (χ3n) is 4.35. The first-order valence-electron chi connectivity index (χ1n) is 9.05. The predicted octanol–water partition coefficient (Wildman–Crippen LogP) is 5.09. The maximum Gasteiger partial charge on any atom is 0.251 e. The van der Waals surface area contributed by atoms with Crippen molar-refractivity contribution in [2.45, 2.75) is 39.3 Å². The third kappa shape index (κ3) is 5.23. The van der Waals surface area contributed by atoms with Gasteiger partial charge in [-0.1, -0.05) is 45.0 Å². The van der Waals surface area contributed by atoms with E-state index < -0.39 is 0 Å². The van der Waals surface area contributed by atoms with Crippen LogP contribution in [0, 0.1) is 0 Å². The summed E-state index contributed by atoms with van der Waals surface area (Å²) in [5.41, 5.74) is 3.03. The van der Waals surface area contributed by atoms with E-state index in [9.17, 15) is 4.79 Å². The highest BCUT2D eigenvalue weighted by Gasteiger charge is 2.13. The molecule has 27 heavy (non-hydrogen) atoms. The molecule has 140 valence electrons. The van der Waals surface area contributed by atoms with E-state index in [1.165, 1.54) is 5.56 Å². The molecule has 1 N–H and O–H groups in total. The molecule has 0 atom stereocenters. The van der Waals surface area contributed by atoms with E-state index in [4.69, 9.17) is 9.15 Å². The number of benzene rings is 2. The molecule has 4 heteroatoms. The summed E-state index contributed by atoms with van der Waals surface area (Å²) < 4.78 is 11.1. The van der Waals surface area contributed by atoms with Gasteiger partial charge in [0.25, 0.3) is 5.91 Å². The lowest BCUT2D eigenvalue weighted by molar-refractivity contribution is 0.0948. The van der Waals surface area contributed by atoms with Gasteiger partial charge in [-0.2, -0.15) is 0 Å². The van der Waals surface area contributed by atoms with Crippen LogP contribution in [0.15, 0.2) is 71.3 Å². The average Bonchev–Trinajstić information content (AvgIpc) is 3.18. The van der Waals surface area contributed by atoms with Crippen LogP contribution in [0.4, 0.5) is 0 Å². The van der Waals surface area contributed by atoms with Crippen molar-refractivity contribution in [1.82, 2.24) is 5.32 Å². The number of hydrogen-bond acceptors (Lipinski definition) is 3. The highest BCUT2D eigenvalue weighted by Crippen LogP contribution is 2.24. The monoisotopic (exact) mass is 363 g/mol. The normalized spacial score (nSPS) is 11.2. The zero-order valence-electron chi connectivity index (χ0n) is 16.0. The molecule has 0 bridgehead atoms. The second kappa shape index (κ2) is 8.12. The Hall–Kier alpha value is -3.01. The smallest absolute Gasteiger partial charge is 0.251 e. The zero-order valence-corrected chi connectivity index (χ0v) is 16.0. The summed E-state index contributed by atoms with van der Waals surface area (Å²) >= 11 is 0. The summed E-state index contributed by atoms with van der Waals surface area (Å²) in [4.78, 5) is 12.2. The lowest BCUT2D eigenvalue weighted by Gasteiger charge is -2.19. The van der Waals surface area contributed by atoms with Crippen LogP contribution < -0.4 is 10.1 Å². The summed E-state index contributed by atoms with van der Waals surface area (Å²) in [6.45, 7) is 7.41. The molecular weight excluding hydrogens is 338 g/mol. The topological polar surface area (TPSA) is 51.5 Å². The number of rotatable bonds is 6. The molecule has 0 spiro atoms. The molecule has 0 saturated heterocycles. The highest BCUT2D eigenvalue weighted by atomic mass is 16.5. The van der Waals surface area contributed by atoms with Gasteiger partial charge in [-0.15, -0.1) is 0 Å². The summed E-state index contributed by atoms with van der Waals surface area (Å²) in [5, 5.41) is 2.83. The Bertz CT molecular complexity index is 857. The Kier molecular flexibility index (Phi) is 5.65. The molecule has 0 aliphatic carbocycles. The van der Waals surface area contributed by atoms with E-state index >= 15 is 0 Å². The van der Waals surface area contributed by atoms with Crippen molar-refractivity contribution >= 4 is 5.91 Å². The second-order valence-electron chi connectivity index (χ2n) is 7.52. The van der Waals surface area contributed by atoms with E-state index in [-0.39, 0.29) is 11.3 Å². The van der Waals surface area contributed by atoms with Gasteiger partial charge < -0.3 is 14.5 Å². The Morgan fingerprint density at radius 3 is 2.30 bits per heavy atom. The van der Waals surface area contributed by atoms with Crippen LogP contribution in [-0.4, -0.2) is 5.91 Å². The maximum atomic E-state index is 12.2. The number of carbonyl (C=O) groups is 1. The van der Waals surface area contributed by atoms with Gasteiger partial charge in [-0.25, -0.2) is 0 Å². The first-order valence-corrected chi connectivity index (χ1v) is 9.05. The van der Waals surface area contributed by atoms with Crippen LogP contribution in [0.2, 0.25) is 0 Å². The molecule has 4 nitrogen and oxygen atoms in total. The van der Waals surface area contributed by atoms with E-state index in [1.54, 1.807) is 24.5 Å². The average molecular weight is 363 g/mol. The summed E-state index contributed by atoms with van der Waals surface area (Å²) in [5.74, 6) is 1.44. The molecule has 1 aromatic heterocycles. The molecule has 3 rings (SSSR count). The second-order valence-corrected chi connectivity index (χ2v) is 7.52. The standard InChI is InChI=1S/C23H25NO3/c1-23(2,3)19-10-12-20(13-11-19)27-16-17-6-8-18(9-7-17)22(25)24-15-21-5-4-14-26-21/h4-14H,15-16H2,1-3H3,(H,24,25). The maximum absolute atomic E-state index is 12.2. The van der Waals surface area contributed by atoms with E-state index in [2.05, 4.69) is 38.2 Å². The number of hydrogen-bond donors (Lipinski definition) is 1. The van der Waals surface area contributed by atoms with Crippen molar-refractivity contribution in [2.24, 2.45) is 0 Å². The first-order chi connectivity index (χ1) is 12.9. The van der Waals surface area contributed by atoms with Crippen molar-refractivity contribution in [3.8, 4) is 5.75 Å². The first kappa shape index (κ1) is 18.8. The van der Waals surface area contributed by atoms with Crippen LogP contribution in [-0.2, 0) is 18.6 Å². The van der Waals surface area contributed by atoms with Gasteiger partial charge in [0.1, 0.15) is 18.1 Å². The Balaban J connectivity index is 1.52. The summed E-state index contributed by atoms with van der Waals surface area (Å²) in [6, 6.07) is 19.2. The summed E-state index contributed by atoms with van der Waals surface area (Å²) in [6.07, 6.45) is 1.59. The fraction of sp³-hybridized carbons (Fsp3) is 0.261. The highest BCUT2D eigenvalue weighted by molar-refractivity contribution is 5.94. The molecule has 0 saturated carbocycles. The fourth-order valence-corrected chi connectivity index (χ4v) is 2.65. The van der Waals surface area contributed by atoms with Crippen LogP contribution in [0.25, 0.3) is 0 Å². The minimum absolute atomic E-state index is 0.128. The lowest BCUT2D eigenvalue weighted by atomic mass is 9.87. The molecule has 0 aliphatic rings. The molecule has 2 aromatic carbocycles. The van der Waals surface area contributed by atoms with E-state index in [0.29, 0.717) is 18.7 Å². The molecular formula is C23H25NO3. The Labute approximate surface area is 160 Å². The molecule has 0 fully saturated rings. The van der Waals surface area contributed by atoms with Gasteiger partial charge in [0.05, 0.1) is 12.8 Å². The van der Waals surface area contributed by atoms with Gasteiger partial charge in [-0.05, 0) is 52.9 Å². The lowest BCUT2D eigenvalue weighted by Crippen LogP contribution is -2.22. The van der Waals surface area contributed by atoms with Crippen molar-refractivity contribution in [3.63, 3.8) is 0 Å². The van der Waals surface area contributed by atoms with Gasteiger partial charge in [0.2, 0.25) is 0 Å². The van der Waals surface area contributed by atoms with E-state index in [0.717, 1.165) is 17.1 Å². The third-order valence-corrected chi connectivity index (χ3v) is 4.35. The molecule has 0 aliphatic heterocycles. The van der Waals surface area contributed by atoms with Crippen molar-refractivity contribution in [1.29, 1.82) is 0 Å². The Morgan fingerprint density at radius 1 is 1.00 bits per heavy atom. The van der Waals surface area contributed by atoms with Crippen molar-refractivity contribution in [3.05, 3.63) is 89.4 Å². The number of amides is 1. The Morgan fingerprint density at radius 2 is 1.70 bits per heavy atom. The van der Waals surface area contributed by atoms with Crippen LogP contribution in [0.5, 0.6) is 5.75 Å². The zero-order chi connectivity index (χ0) is 19.3. The minimum Gasteiger partial charge on any atom is -0.489 e. The van der Waals surface area contributed by atoms with Gasteiger partial charge in [0, 0.05) is 5.56 Å². The number of carbonyl (C=O) groups excluding carboxylic acids is 1. The predicted molar refractivity (Wildman–Crippen MR) is 106 cm³/mol. The van der Waals surface area contributed by atoms with Crippen LogP contribution in [0.3, 0.4) is 0 Å². The van der Waals surface area contributed by atoms with Crippen molar-refractivity contribution < 1.29 is 13.9 Å². The SMILES string of the molecule is CC(C)(C)c1ccc(OCc2ccc(C(=O)NCc3ccco3)cc2)cc1. The van der Waals surface area contributed by atoms with Gasteiger partial charge in [-0.3, -0.25) is 4.79 Å². The largest absolute Gasteiger partial charge is 0.489 e. The molecule has 0 radical (unpaired) electrons. The van der Waals surface area contributed by atoms with Gasteiger partial charge in [0.15, 0.2) is 0 Å². The van der Waals surface area contributed by atoms with Crippen LogP contribution in [0.1, 0.15) is 48.0 Å². The van der Waals surface area contributed by atoms with Gasteiger partial charge >= 0.3 is 0 Å². The molecule has 1 heterocycles. The van der Waals surface area contributed by atoms with Crippen molar-refractivity contribution in [2.75, 3.05) is 0 Å².